The van der Waals surface area contributed by atoms with Crippen molar-refractivity contribution in [2.75, 3.05) is 25.5 Å². The first kappa shape index (κ1) is 27.6. The fraction of sp³-hybridized carbons (Fsp3) is 0.281. The zero-order valence-electron chi connectivity index (χ0n) is 22.7. The third-order valence-corrected chi connectivity index (χ3v) is 7.18. The summed E-state index contributed by atoms with van der Waals surface area (Å²) in [5.74, 6) is -0.244. The molecule has 1 aromatic heterocycles. The van der Waals surface area contributed by atoms with Gasteiger partial charge in [-0.25, -0.2) is 4.98 Å². The van der Waals surface area contributed by atoms with Gasteiger partial charge in [-0.15, -0.1) is 6.58 Å². The van der Waals surface area contributed by atoms with Crippen LogP contribution in [-0.4, -0.2) is 52.1 Å². The summed E-state index contributed by atoms with van der Waals surface area (Å²) in [6, 6.07) is 22.8. The van der Waals surface area contributed by atoms with Crippen LogP contribution in [0.25, 0.3) is 11.0 Å². The Morgan fingerprint density at radius 2 is 1.73 bits per heavy atom. The summed E-state index contributed by atoms with van der Waals surface area (Å²) in [7, 11) is 2.05. The van der Waals surface area contributed by atoms with Gasteiger partial charge >= 0.3 is 0 Å². The summed E-state index contributed by atoms with van der Waals surface area (Å²) >= 11 is 0. The molecule has 3 aromatic carbocycles. The third-order valence-electron chi connectivity index (χ3n) is 7.18. The van der Waals surface area contributed by atoms with Crippen LogP contribution in [0, 0.1) is 5.92 Å². The van der Waals surface area contributed by atoms with E-state index in [4.69, 9.17) is 9.47 Å². The highest BCUT2D eigenvalue weighted by Gasteiger charge is 2.38. The molecule has 0 bridgehead atoms. The lowest BCUT2D eigenvalue weighted by Crippen LogP contribution is -2.43. The Morgan fingerprint density at radius 1 is 1.02 bits per heavy atom. The Kier molecular flexibility index (Phi) is 8.62. The van der Waals surface area contributed by atoms with Crippen LogP contribution in [0.5, 0.6) is 0 Å². The van der Waals surface area contributed by atoms with Gasteiger partial charge in [0.15, 0.2) is 6.29 Å². The first-order valence-electron chi connectivity index (χ1n) is 13.4. The highest BCUT2D eigenvalue weighted by atomic mass is 16.7. The fourth-order valence-corrected chi connectivity index (χ4v) is 4.92. The molecule has 4 aromatic rings. The first-order chi connectivity index (χ1) is 19.4. The summed E-state index contributed by atoms with van der Waals surface area (Å²) < 4.78 is 13.0. The van der Waals surface area contributed by atoms with Gasteiger partial charge in [-0.05, 0) is 42.4 Å². The molecule has 1 aliphatic heterocycles. The van der Waals surface area contributed by atoms with Crippen molar-refractivity contribution in [2.45, 2.75) is 32.0 Å². The lowest BCUT2D eigenvalue weighted by atomic mass is 9.90. The van der Waals surface area contributed by atoms with E-state index in [-0.39, 0.29) is 36.3 Å². The van der Waals surface area contributed by atoms with Crippen molar-refractivity contribution < 1.29 is 19.4 Å². The highest BCUT2D eigenvalue weighted by Crippen LogP contribution is 2.42. The normalized spacial score (nSPS) is 20.9. The molecule has 1 fully saturated rings. The molecular weight excluding hydrogens is 504 g/mol. The van der Waals surface area contributed by atoms with Gasteiger partial charge in [-0.3, -0.25) is 9.78 Å². The maximum absolute atomic E-state index is 12.8. The van der Waals surface area contributed by atoms with Crippen molar-refractivity contribution in [3.8, 4) is 0 Å². The average molecular weight is 539 g/mol. The molecule has 40 heavy (non-hydrogen) atoms. The quantitative estimate of drug-likeness (QED) is 0.280. The van der Waals surface area contributed by atoms with Crippen molar-refractivity contribution in [1.29, 1.82) is 0 Å². The molecule has 2 heterocycles. The van der Waals surface area contributed by atoms with Crippen LogP contribution in [-0.2, 0) is 16.1 Å². The number of hydrogen-bond donors (Lipinski definition) is 2. The zero-order valence-corrected chi connectivity index (χ0v) is 22.7. The number of rotatable bonds is 9. The van der Waals surface area contributed by atoms with E-state index in [0.717, 1.165) is 35.3 Å². The molecule has 0 aliphatic carbocycles. The number of nitrogens with zero attached hydrogens (tertiary/aromatic N) is 3. The number of ether oxygens (including phenoxy) is 2. The number of para-hydroxylation sites is 2. The zero-order chi connectivity index (χ0) is 28.1. The second-order valence-corrected chi connectivity index (χ2v) is 10.2. The third kappa shape index (κ3) is 6.26. The molecule has 0 spiro atoms. The van der Waals surface area contributed by atoms with Crippen LogP contribution in [0.1, 0.15) is 46.5 Å². The van der Waals surface area contributed by atoms with Crippen molar-refractivity contribution in [3.05, 3.63) is 114 Å². The Labute approximate surface area is 234 Å². The van der Waals surface area contributed by atoms with Crippen LogP contribution in [0.15, 0.2) is 91.6 Å². The Hall–Kier alpha value is -3.95. The summed E-state index contributed by atoms with van der Waals surface area (Å²) in [5.41, 5.74) is 5.03. The van der Waals surface area contributed by atoms with E-state index in [1.807, 2.05) is 85.9 Å². The van der Waals surface area contributed by atoms with Gasteiger partial charge in [-0.2, -0.15) is 0 Å². The lowest BCUT2D eigenvalue weighted by Gasteiger charge is -2.42. The lowest BCUT2D eigenvalue weighted by molar-refractivity contribution is -0.275. The number of likely N-dealkylation sites (N-methyl/N-ethyl adjacent to an activating group) is 1. The molecular formula is C32H34N4O4. The van der Waals surface area contributed by atoms with Crippen LogP contribution in [0.2, 0.25) is 0 Å². The fourth-order valence-electron chi connectivity index (χ4n) is 4.92. The second kappa shape index (κ2) is 12.5. The Bertz CT molecular complexity index is 1460. The van der Waals surface area contributed by atoms with E-state index in [0.29, 0.717) is 11.2 Å². The van der Waals surface area contributed by atoms with Crippen LogP contribution in [0.3, 0.4) is 0 Å². The summed E-state index contributed by atoms with van der Waals surface area (Å²) in [4.78, 5) is 23.8. The summed E-state index contributed by atoms with van der Waals surface area (Å²) in [6.07, 6.45) is 2.49. The number of hydrogen-bond acceptors (Lipinski definition) is 7. The minimum atomic E-state index is -0.586. The first-order valence-corrected chi connectivity index (χ1v) is 13.4. The maximum atomic E-state index is 12.8. The van der Waals surface area contributed by atoms with Gasteiger partial charge in [-0.1, -0.05) is 61.5 Å². The Balaban J connectivity index is 1.33. The van der Waals surface area contributed by atoms with Crippen molar-refractivity contribution in [1.82, 2.24) is 14.9 Å². The highest BCUT2D eigenvalue weighted by molar-refractivity contribution is 6.03. The predicted molar refractivity (Wildman–Crippen MR) is 155 cm³/mol. The van der Waals surface area contributed by atoms with Gasteiger partial charge in [0.2, 0.25) is 0 Å². The number of aliphatic hydroxyl groups excluding tert-OH is 1. The number of fused-ring (bicyclic) bond motifs is 1. The van der Waals surface area contributed by atoms with Crippen molar-refractivity contribution in [3.63, 3.8) is 0 Å². The van der Waals surface area contributed by atoms with E-state index in [9.17, 15) is 9.90 Å². The number of benzene rings is 3. The molecule has 2 N–H and O–H groups in total. The smallest absolute Gasteiger partial charge is 0.275 e. The Morgan fingerprint density at radius 3 is 2.42 bits per heavy atom. The van der Waals surface area contributed by atoms with Gasteiger partial charge in [0.25, 0.3) is 5.91 Å². The molecule has 0 unspecified atom stereocenters. The second-order valence-electron chi connectivity index (χ2n) is 10.2. The number of aliphatic hydroxyl groups is 1. The van der Waals surface area contributed by atoms with E-state index in [1.54, 1.807) is 0 Å². The standard InChI is InChI=1S/C32H34N4O4/c1-4-17-36(3)19-29-21(2)30(23-11-9-22(20-37)10-12-23)40-32(39-29)24-13-15-25(16-14-24)34-31(38)28-18-33-26-7-5-6-8-27(26)35-28/h4-16,18,21,29-30,32,37H,1,17,19-20H2,2-3H3,(H,34,38)/t21-,29+,30+,32+/m0/s1. The molecule has 1 amide bonds. The monoisotopic (exact) mass is 538 g/mol. The number of amides is 1. The van der Waals surface area contributed by atoms with Crippen molar-refractivity contribution in [2.24, 2.45) is 5.92 Å². The largest absolute Gasteiger partial charge is 0.392 e. The van der Waals surface area contributed by atoms with E-state index in [2.05, 4.69) is 33.7 Å². The average Bonchev–Trinajstić information content (AvgIpc) is 2.98. The van der Waals surface area contributed by atoms with Crippen LogP contribution in [0.4, 0.5) is 5.69 Å². The molecule has 8 nitrogen and oxygen atoms in total. The SMILES string of the molecule is C=CCN(C)C[C@H]1O[C@@H](c2ccc(NC(=O)c3cnc4ccccc4n3)cc2)O[C@@H](c2ccc(CO)cc2)[C@H]1C. The minimum absolute atomic E-state index is 0.00159. The molecule has 1 saturated heterocycles. The molecule has 5 rings (SSSR count). The topological polar surface area (TPSA) is 96.8 Å². The number of carbonyl (C=O) groups excluding carboxylic acids is 1. The molecule has 8 heteroatoms. The molecule has 0 saturated carbocycles. The predicted octanol–water partition coefficient (Wildman–Crippen LogP) is 5.28. The molecule has 0 radical (unpaired) electrons. The maximum Gasteiger partial charge on any atom is 0.275 e. The van der Waals surface area contributed by atoms with Crippen LogP contribution >= 0.6 is 0 Å². The van der Waals surface area contributed by atoms with Gasteiger partial charge in [0.1, 0.15) is 5.69 Å². The van der Waals surface area contributed by atoms with E-state index < -0.39 is 6.29 Å². The number of carbonyl (C=O) groups is 1. The van der Waals surface area contributed by atoms with E-state index >= 15 is 0 Å². The molecule has 4 atom stereocenters. The van der Waals surface area contributed by atoms with Crippen LogP contribution < -0.4 is 5.32 Å². The molecule has 206 valence electrons. The number of anilines is 1. The van der Waals surface area contributed by atoms with Gasteiger partial charge < -0.3 is 24.8 Å². The van der Waals surface area contributed by atoms with E-state index in [1.165, 1.54) is 6.20 Å². The van der Waals surface area contributed by atoms with Crippen molar-refractivity contribution >= 4 is 22.6 Å². The number of aromatic nitrogens is 2. The van der Waals surface area contributed by atoms with Gasteiger partial charge in [0.05, 0.1) is 36.0 Å². The summed E-state index contributed by atoms with van der Waals surface area (Å²) in [5, 5.41) is 12.4. The number of nitrogens with one attached hydrogen (secondary N) is 1. The summed E-state index contributed by atoms with van der Waals surface area (Å²) in [6.45, 7) is 7.46. The van der Waals surface area contributed by atoms with Gasteiger partial charge in [0, 0.05) is 30.3 Å². The molecule has 1 aliphatic rings. The minimum Gasteiger partial charge on any atom is -0.392 e.